The predicted molar refractivity (Wildman–Crippen MR) is 99.7 cm³/mol. The Morgan fingerprint density at radius 2 is 1.57 bits per heavy atom. The van der Waals surface area contributed by atoms with Crippen molar-refractivity contribution in [2.45, 2.75) is 85.0 Å². The summed E-state index contributed by atoms with van der Waals surface area (Å²) in [5.74, 6) is 0.633. The first-order valence-electron chi connectivity index (χ1n) is 10.2. The van der Waals surface area contributed by atoms with Crippen LogP contribution in [0.2, 0.25) is 0 Å². The van der Waals surface area contributed by atoms with E-state index < -0.39 is 0 Å². The van der Waals surface area contributed by atoms with Gasteiger partial charge in [-0.25, -0.2) is 0 Å². The van der Waals surface area contributed by atoms with Crippen LogP contribution in [0, 0.1) is 5.92 Å². The zero-order valence-corrected chi connectivity index (χ0v) is 16.0. The first-order valence-corrected chi connectivity index (χ1v) is 10.2. The smallest absolute Gasteiger partial charge is 0.226 e. The molecule has 1 aliphatic rings. The van der Waals surface area contributed by atoms with E-state index in [9.17, 15) is 4.79 Å². The van der Waals surface area contributed by atoms with Crippen molar-refractivity contribution in [2.75, 3.05) is 32.7 Å². The fourth-order valence-corrected chi connectivity index (χ4v) is 3.72. The number of carbonyl (C=O) groups excluding carboxylic acids is 1. The molecule has 1 heterocycles. The molecular formula is C20H40N2O. The number of unbranched alkanes of at least 4 members (excludes halogenated alkanes) is 7. The van der Waals surface area contributed by atoms with Crippen molar-refractivity contribution in [3.05, 3.63) is 0 Å². The lowest BCUT2D eigenvalue weighted by atomic mass is 9.96. The molecule has 0 radical (unpaired) electrons. The van der Waals surface area contributed by atoms with Gasteiger partial charge in [-0.3, -0.25) is 4.79 Å². The van der Waals surface area contributed by atoms with Crippen LogP contribution in [0.25, 0.3) is 0 Å². The van der Waals surface area contributed by atoms with Crippen molar-refractivity contribution in [3.63, 3.8) is 0 Å². The molecular weight excluding hydrogens is 284 g/mol. The van der Waals surface area contributed by atoms with Gasteiger partial charge >= 0.3 is 0 Å². The molecule has 0 bridgehead atoms. The van der Waals surface area contributed by atoms with Gasteiger partial charge in [-0.2, -0.15) is 0 Å². The van der Waals surface area contributed by atoms with Gasteiger partial charge in [0.1, 0.15) is 0 Å². The minimum Gasteiger partial charge on any atom is -0.343 e. The zero-order chi connectivity index (χ0) is 16.9. The van der Waals surface area contributed by atoms with Gasteiger partial charge in [0, 0.05) is 19.6 Å². The summed E-state index contributed by atoms with van der Waals surface area (Å²) in [6.45, 7) is 11.5. The maximum absolute atomic E-state index is 12.5. The molecule has 0 N–H and O–H groups in total. The summed E-state index contributed by atoms with van der Waals surface area (Å²) >= 11 is 0. The quantitative estimate of drug-likeness (QED) is 0.485. The largest absolute Gasteiger partial charge is 0.343 e. The number of hydrogen-bond donors (Lipinski definition) is 0. The van der Waals surface area contributed by atoms with Crippen LogP contribution in [0.3, 0.4) is 0 Å². The first kappa shape index (κ1) is 20.5. The van der Waals surface area contributed by atoms with E-state index in [2.05, 4.69) is 25.7 Å². The van der Waals surface area contributed by atoms with Crippen LogP contribution in [0.5, 0.6) is 0 Å². The summed E-state index contributed by atoms with van der Waals surface area (Å²) in [5, 5.41) is 0. The van der Waals surface area contributed by atoms with E-state index in [1.807, 2.05) is 4.90 Å². The average Bonchev–Trinajstić information content (AvgIpc) is 2.58. The molecule has 0 aromatic heterocycles. The Bertz CT molecular complexity index is 302. The van der Waals surface area contributed by atoms with Crippen LogP contribution in [-0.4, -0.2) is 48.4 Å². The SMILES string of the molecule is CCCCCCCCCCN1CCC[C@@H](C(=O)N(CC)CC)C1. The molecule has 3 heteroatoms. The fourth-order valence-electron chi connectivity index (χ4n) is 3.72. The van der Waals surface area contributed by atoms with Crippen LogP contribution >= 0.6 is 0 Å². The maximum atomic E-state index is 12.5. The molecule has 23 heavy (non-hydrogen) atoms. The summed E-state index contributed by atoms with van der Waals surface area (Å²) in [6.07, 6.45) is 13.3. The van der Waals surface area contributed by atoms with E-state index in [1.165, 1.54) is 70.9 Å². The number of amides is 1. The lowest BCUT2D eigenvalue weighted by molar-refractivity contribution is -0.137. The Kier molecular flexibility index (Phi) is 11.4. The standard InChI is InChI=1S/C20H40N2O/c1-4-7-8-9-10-11-12-13-16-21-17-14-15-19(18-21)20(23)22(5-2)6-3/h19H,4-18H2,1-3H3/t19-/m1/s1. The molecule has 1 fully saturated rings. The van der Waals surface area contributed by atoms with Crippen molar-refractivity contribution >= 4 is 5.91 Å². The van der Waals surface area contributed by atoms with Gasteiger partial charge in [0.25, 0.3) is 0 Å². The van der Waals surface area contributed by atoms with Gasteiger partial charge in [0.05, 0.1) is 5.92 Å². The average molecular weight is 325 g/mol. The molecule has 0 spiro atoms. The highest BCUT2D eigenvalue weighted by Crippen LogP contribution is 2.19. The van der Waals surface area contributed by atoms with Crippen molar-refractivity contribution < 1.29 is 4.79 Å². The van der Waals surface area contributed by atoms with E-state index in [4.69, 9.17) is 0 Å². The highest BCUT2D eigenvalue weighted by molar-refractivity contribution is 5.79. The predicted octanol–water partition coefficient (Wildman–Crippen LogP) is 4.71. The zero-order valence-electron chi connectivity index (χ0n) is 16.0. The molecule has 1 saturated heterocycles. The van der Waals surface area contributed by atoms with Crippen LogP contribution < -0.4 is 0 Å². The third-order valence-corrected chi connectivity index (χ3v) is 5.26. The molecule has 0 aromatic carbocycles. The Balaban J connectivity index is 2.14. The second-order valence-corrected chi connectivity index (χ2v) is 7.13. The highest BCUT2D eigenvalue weighted by Gasteiger charge is 2.27. The molecule has 0 saturated carbocycles. The minimum atomic E-state index is 0.248. The normalized spacial score (nSPS) is 19.0. The number of piperidine rings is 1. The maximum Gasteiger partial charge on any atom is 0.226 e. The van der Waals surface area contributed by atoms with Gasteiger partial charge in [-0.15, -0.1) is 0 Å². The number of carbonyl (C=O) groups is 1. The third-order valence-electron chi connectivity index (χ3n) is 5.26. The fraction of sp³-hybridized carbons (Fsp3) is 0.950. The Morgan fingerprint density at radius 1 is 0.957 bits per heavy atom. The lowest BCUT2D eigenvalue weighted by Crippen LogP contribution is -2.45. The van der Waals surface area contributed by atoms with Crippen LogP contribution in [0.4, 0.5) is 0 Å². The number of hydrogen-bond acceptors (Lipinski definition) is 2. The summed E-state index contributed by atoms with van der Waals surface area (Å²) in [4.78, 5) is 17.0. The topological polar surface area (TPSA) is 23.6 Å². The first-order chi connectivity index (χ1) is 11.2. The number of likely N-dealkylation sites (tertiary alicyclic amines) is 1. The summed E-state index contributed by atoms with van der Waals surface area (Å²) in [7, 11) is 0. The van der Waals surface area contributed by atoms with Crippen molar-refractivity contribution in [3.8, 4) is 0 Å². The van der Waals surface area contributed by atoms with Gasteiger partial charge < -0.3 is 9.80 Å². The summed E-state index contributed by atoms with van der Waals surface area (Å²) < 4.78 is 0. The van der Waals surface area contributed by atoms with E-state index >= 15 is 0 Å². The van der Waals surface area contributed by atoms with Crippen LogP contribution in [0.1, 0.15) is 85.0 Å². The number of nitrogens with zero attached hydrogens (tertiary/aromatic N) is 2. The molecule has 0 aliphatic carbocycles. The molecule has 0 unspecified atom stereocenters. The van der Waals surface area contributed by atoms with Gasteiger partial charge in [-0.1, -0.05) is 51.9 Å². The second kappa shape index (κ2) is 12.8. The number of rotatable bonds is 12. The minimum absolute atomic E-state index is 0.248. The van der Waals surface area contributed by atoms with E-state index in [0.717, 1.165) is 26.1 Å². The van der Waals surface area contributed by atoms with E-state index in [1.54, 1.807) is 0 Å². The van der Waals surface area contributed by atoms with Crippen LogP contribution in [-0.2, 0) is 4.79 Å². The van der Waals surface area contributed by atoms with Gasteiger partial charge in [-0.05, 0) is 46.2 Å². The molecule has 1 aliphatic heterocycles. The third kappa shape index (κ3) is 8.19. The second-order valence-electron chi connectivity index (χ2n) is 7.13. The highest BCUT2D eigenvalue weighted by atomic mass is 16.2. The van der Waals surface area contributed by atoms with E-state index in [-0.39, 0.29) is 5.92 Å². The Labute approximate surface area is 144 Å². The lowest BCUT2D eigenvalue weighted by Gasteiger charge is -2.34. The van der Waals surface area contributed by atoms with Gasteiger partial charge in [0.2, 0.25) is 5.91 Å². The van der Waals surface area contributed by atoms with Crippen LogP contribution in [0.15, 0.2) is 0 Å². The van der Waals surface area contributed by atoms with E-state index in [0.29, 0.717) is 5.91 Å². The molecule has 1 rings (SSSR count). The van der Waals surface area contributed by atoms with Gasteiger partial charge in [0.15, 0.2) is 0 Å². The van der Waals surface area contributed by atoms with Crippen molar-refractivity contribution in [1.29, 1.82) is 0 Å². The summed E-state index contributed by atoms with van der Waals surface area (Å²) in [5.41, 5.74) is 0. The molecule has 3 nitrogen and oxygen atoms in total. The molecule has 1 atom stereocenters. The van der Waals surface area contributed by atoms with Crippen molar-refractivity contribution in [1.82, 2.24) is 9.80 Å². The summed E-state index contributed by atoms with van der Waals surface area (Å²) in [6, 6.07) is 0. The monoisotopic (exact) mass is 324 g/mol. The Hall–Kier alpha value is -0.570. The van der Waals surface area contributed by atoms with Crippen molar-refractivity contribution in [2.24, 2.45) is 5.92 Å². The Morgan fingerprint density at radius 3 is 2.17 bits per heavy atom. The molecule has 1 amide bonds. The molecule has 0 aromatic rings. The molecule has 136 valence electrons.